The first kappa shape index (κ1) is 14.7. The summed E-state index contributed by atoms with van der Waals surface area (Å²) in [6.07, 6.45) is 13.4. The van der Waals surface area contributed by atoms with Crippen LogP contribution >= 0.6 is 11.8 Å². The number of rotatable bonds is 7. The summed E-state index contributed by atoms with van der Waals surface area (Å²) in [6, 6.07) is 0.793. The molecule has 18 heavy (non-hydrogen) atoms. The standard InChI is InChI=1S/C16H31NS/c1-2-17-16(15-10-4-3-5-11-15)13-18-12-14-8-6-7-9-14/h14-17H,2-13H2,1H3. The summed E-state index contributed by atoms with van der Waals surface area (Å²) >= 11 is 2.23. The molecule has 2 rings (SSSR count). The molecule has 0 heterocycles. The van der Waals surface area contributed by atoms with Crippen molar-refractivity contribution in [1.82, 2.24) is 5.32 Å². The number of nitrogens with one attached hydrogen (secondary N) is 1. The number of hydrogen-bond donors (Lipinski definition) is 1. The summed E-state index contributed by atoms with van der Waals surface area (Å²) in [5, 5.41) is 3.76. The Labute approximate surface area is 118 Å². The van der Waals surface area contributed by atoms with Crippen molar-refractivity contribution in [3.05, 3.63) is 0 Å². The third kappa shape index (κ3) is 4.77. The van der Waals surface area contributed by atoms with Gasteiger partial charge in [0.2, 0.25) is 0 Å². The Bertz CT molecular complexity index is 207. The van der Waals surface area contributed by atoms with Gasteiger partial charge in [-0.3, -0.25) is 0 Å². The van der Waals surface area contributed by atoms with Crippen molar-refractivity contribution in [2.24, 2.45) is 11.8 Å². The van der Waals surface area contributed by atoms with Gasteiger partial charge in [0.1, 0.15) is 0 Å². The molecule has 1 unspecified atom stereocenters. The Morgan fingerprint density at radius 3 is 2.33 bits per heavy atom. The van der Waals surface area contributed by atoms with Gasteiger partial charge >= 0.3 is 0 Å². The fraction of sp³-hybridized carbons (Fsp3) is 1.00. The summed E-state index contributed by atoms with van der Waals surface area (Å²) in [4.78, 5) is 0. The van der Waals surface area contributed by atoms with E-state index in [4.69, 9.17) is 0 Å². The average molecular weight is 269 g/mol. The Balaban J connectivity index is 1.67. The second-order valence-corrected chi connectivity index (χ2v) is 7.33. The molecular formula is C16H31NS. The fourth-order valence-corrected chi connectivity index (χ4v) is 5.15. The number of thioether (sulfide) groups is 1. The zero-order valence-corrected chi connectivity index (χ0v) is 12.9. The van der Waals surface area contributed by atoms with E-state index in [0.717, 1.165) is 24.4 Å². The van der Waals surface area contributed by atoms with Gasteiger partial charge in [-0.1, -0.05) is 39.0 Å². The van der Waals surface area contributed by atoms with Crippen LogP contribution in [-0.4, -0.2) is 24.1 Å². The van der Waals surface area contributed by atoms with Crippen LogP contribution in [0, 0.1) is 11.8 Å². The molecule has 0 aromatic heterocycles. The summed E-state index contributed by atoms with van der Waals surface area (Å²) in [5.74, 6) is 4.79. The maximum absolute atomic E-state index is 3.76. The van der Waals surface area contributed by atoms with E-state index in [1.54, 1.807) is 0 Å². The lowest BCUT2D eigenvalue weighted by molar-refractivity contribution is 0.288. The molecule has 1 atom stereocenters. The molecular weight excluding hydrogens is 238 g/mol. The topological polar surface area (TPSA) is 12.0 Å². The van der Waals surface area contributed by atoms with Crippen LogP contribution in [0.5, 0.6) is 0 Å². The van der Waals surface area contributed by atoms with Crippen LogP contribution in [0.3, 0.4) is 0 Å². The minimum atomic E-state index is 0.793. The van der Waals surface area contributed by atoms with Gasteiger partial charge in [0.25, 0.3) is 0 Å². The van der Waals surface area contributed by atoms with E-state index in [1.807, 2.05) is 0 Å². The Morgan fingerprint density at radius 2 is 1.67 bits per heavy atom. The third-order valence-electron chi connectivity index (χ3n) is 4.81. The molecule has 0 aliphatic heterocycles. The van der Waals surface area contributed by atoms with Crippen molar-refractivity contribution in [1.29, 1.82) is 0 Å². The van der Waals surface area contributed by atoms with Gasteiger partial charge in [-0.25, -0.2) is 0 Å². The minimum absolute atomic E-state index is 0.793. The first-order valence-electron chi connectivity index (χ1n) is 8.21. The summed E-state index contributed by atoms with van der Waals surface area (Å²) < 4.78 is 0. The molecule has 1 nitrogen and oxygen atoms in total. The van der Waals surface area contributed by atoms with Crippen LogP contribution in [0.25, 0.3) is 0 Å². The summed E-state index contributed by atoms with van der Waals surface area (Å²) in [7, 11) is 0. The Morgan fingerprint density at radius 1 is 1.00 bits per heavy atom. The second-order valence-electron chi connectivity index (χ2n) is 6.25. The molecule has 0 aromatic carbocycles. The molecule has 2 aliphatic carbocycles. The quantitative estimate of drug-likeness (QED) is 0.732. The van der Waals surface area contributed by atoms with Crippen LogP contribution < -0.4 is 5.32 Å². The average Bonchev–Trinajstić information content (AvgIpc) is 2.92. The van der Waals surface area contributed by atoms with Crippen molar-refractivity contribution in [3.8, 4) is 0 Å². The molecule has 2 heteroatoms. The molecule has 2 aliphatic rings. The van der Waals surface area contributed by atoms with Crippen molar-refractivity contribution in [2.75, 3.05) is 18.1 Å². The highest BCUT2D eigenvalue weighted by atomic mass is 32.2. The van der Waals surface area contributed by atoms with E-state index < -0.39 is 0 Å². The van der Waals surface area contributed by atoms with Crippen molar-refractivity contribution >= 4 is 11.8 Å². The van der Waals surface area contributed by atoms with Gasteiger partial charge in [-0.05, 0) is 49.8 Å². The lowest BCUT2D eigenvalue weighted by atomic mass is 9.84. The molecule has 0 aromatic rings. The SMILES string of the molecule is CCNC(CSCC1CCCC1)C1CCCCC1. The van der Waals surface area contributed by atoms with Crippen molar-refractivity contribution < 1.29 is 0 Å². The van der Waals surface area contributed by atoms with Crippen LogP contribution in [-0.2, 0) is 0 Å². The Hall–Kier alpha value is 0.310. The van der Waals surface area contributed by atoms with Gasteiger partial charge in [0.15, 0.2) is 0 Å². The van der Waals surface area contributed by atoms with Crippen LogP contribution in [0.4, 0.5) is 0 Å². The first-order valence-corrected chi connectivity index (χ1v) is 9.36. The largest absolute Gasteiger partial charge is 0.313 e. The highest BCUT2D eigenvalue weighted by Gasteiger charge is 2.23. The smallest absolute Gasteiger partial charge is 0.0186 e. The molecule has 0 amide bonds. The van der Waals surface area contributed by atoms with Crippen molar-refractivity contribution in [2.45, 2.75) is 70.8 Å². The molecule has 0 bridgehead atoms. The predicted molar refractivity (Wildman–Crippen MR) is 83.3 cm³/mol. The van der Waals surface area contributed by atoms with E-state index in [-0.39, 0.29) is 0 Å². The maximum atomic E-state index is 3.76. The highest BCUT2D eigenvalue weighted by Crippen LogP contribution is 2.31. The van der Waals surface area contributed by atoms with E-state index in [0.29, 0.717) is 0 Å². The molecule has 106 valence electrons. The molecule has 1 N–H and O–H groups in total. The second kappa shape index (κ2) is 8.47. The number of hydrogen-bond acceptors (Lipinski definition) is 2. The van der Waals surface area contributed by atoms with Gasteiger partial charge in [0, 0.05) is 11.8 Å². The van der Waals surface area contributed by atoms with Gasteiger partial charge < -0.3 is 5.32 Å². The molecule has 0 saturated heterocycles. The van der Waals surface area contributed by atoms with Crippen LogP contribution in [0.2, 0.25) is 0 Å². The zero-order valence-electron chi connectivity index (χ0n) is 12.1. The maximum Gasteiger partial charge on any atom is 0.0186 e. The molecule has 0 spiro atoms. The van der Waals surface area contributed by atoms with Crippen LogP contribution in [0.1, 0.15) is 64.7 Å². The van der Waals surface area contributed by atoms with E-state index in [9.17, 15) is 0 Å². The van der Waals surface area contributed by atoms with Gasteiger partial charge in [0.05, 0.1) is 0 Å². The fourth-order valence-electron chi connectivity index (χ4n) is 3.70. The van der Waals surface area contributed by atoms with E-state index in [1.165, 1.54) is 69.3 Å². The Kier molecular flexibility index (Phi) is 6.93. The molecule has 2 saturated carbocycles. The lowest BCUT2D eigenvalue weighted by Gasteiger charge is -2.31. The van der Waals surface area contributed by atoms with Crippen molar-refractivity contribution in [3.63, 3.8) is 0 Å². The van der Waals surface area contributed by atoms with E-state index >= 15 is 0 Å². The normalized spacial score (nSPS) is 24.5. The monoisotopic (exact) mass is 269 g/mol. The lowest BCUT2D eigenvalue weighted by Crippen LogP contribution is -2.39. The summed E-state index contributed by atoms with van der Waals surface area (Å²) in [5.41, 5.74) is 0. The highest BCUT2D eigenvalue weighted by molar-refractivity contribution is 7.99. The zero-order chi connectivity index (χ0) is 12.6. The summed E-state index contributed by atoms with van der Waals surface area (Å²) in [6.45, 7) is 3.41. The van der Waals surface area contributed by atoms with E-state index in [2.05, 4.69) is 24.0 Å². The van der Waals surface area contributed by atoms with Crippen LogP contribution in [0.15, 0.2) is 0 Å². The molecule has 2 fully saturated rings. The van der Waals surface area contributed by atoms with Gasteiger partial charge in [-0.2, -0.15) is 11.8 Å². The first-order chi connectivity index (χ1) is 8.90. The van der Waals surface area contributed by atoms with Gasteiger partial charge in [-0.15, -0.1) is 0 Å². The molecule has 0 radical (unpaired) electrons. The predicted octanol–water partition coefficient (Wildman–Crippen LogP) is 4.47. The third-order valence-corrected chi connectivity index (χ3v) is 6.11. The minimum Gasteiger partial charge on any atom is -0.313 e.